The minimum Gasteiger partial charge on any atom is -0.399 e. The quantitative estimate of drug-likeness (QED) is 0.428. The summed E-state index contributed by atoms with van der Waals surface area (Å²) in [6.45, 7) is 12.8. The summed E-state index contributed by atoms with van der Waals surface area (Å²) >= 11 is 1.67. The lowest BCUT2D eigenvalue weighted by molar-refractivity contribution is 0.213. The molecule has 0 bridgehead atoms. The molecule has 2 aromatic heterocycles. The molecule has 0 unspecified atom stereocenters. The van der Waals surface area contributed by atoms with Crippen LogP contribution >= 0.6 is 11.3 Å². The minimum absolute atomic E-state index is 0. The molecule has 0 saturated heterocycles. The third-order valence-electron chi connectivity index (χ3n) is 2.81. The summed E-state index contributed by atoms with van der Waals surface area (Å²) in [6, 6.07) is 0. The van der Waals surface area contributed by atoms with Crippen molar-refractivity contribution in [3.63, 3.8) is 0 Å². The van der Waals surface area contributed by atoms with Gasteiger partial charge in [-0.1, -0.05) is 61.6 Å². The van der Waals surface area contributed by atoms with Gasteiger partial charge in [-0.25, -0.2) is 15.0 Å². The maximum Gasteiger partial charge on any atom is 0.115 e. The molecule has 0 aliphatic carbocycles. The zero-order valence-electron chi connectivity index (χ0n) is 16.5. The van der Waals surface area contributed by atoms with Gasteiger partial charge < -0.3 is 4.84 Å². The number of nitrogens with zero attached hydrogens (tertiary/aromatic N) is 4. The first kappa shape index (κ1) is 29.9. The van der Waals surface area contributed by atoms with E-state index in [1.54, 1.807) is 31.0 Å². The summed E-state index contributed by atoms with van der Waals surface area (Å²) in [5.74, 6) is 1.75. The molecule has 0 aromatic carbocycles. The van der Waals surface area contributed by atoms with Crippen molar-refractivity contribution in [2.45, 2.75) is 68.7 Å². The van der Waals surface area contributed by atoms with E-state index in [9.17, 15) is 0 Å². The standard InChI is InChI=1S/C7H10N2.C7H11NS.C5H11NO.2CH4/c1-6(2)7-3-8-5-9-4-7;1-6(2)3-7-4-9-5-8-7;1-5(2)4-6-7-3;;/h3-6H,1-2H3;4-6H,3H2,1-2H3;4-5H,1-3H3;2*1H4. The van der Waals surface area contributed by atoms with Crippen molar-refractivity contribution in [2.24, 2.45) is 17.0 Å². The van der Waals surface area contributed by atoms with Crippen molar-refractivity contribution in [3.8, 4) is 0 Å². The highest BCUT2D eigenvalue weighted by Crippen LogP contribution is 2.09. The van der Waals surface area contributed by atoms with Crippen LogP contribution in [0.4, 0.5) is 0 Å². The summed E-state index contributed by atoms with van der Waals surface area (Å²) in [6.07, 6.45) is 8.10. The van der Waals surface area contributed by atoms with Crippen LogP contribution in [0.2, 0.25) is 0 Å². The van der Waals surface area contributed by atoms with Crippen LogP contribution < -0.4 is 0 Å². The molecule has 0 saturated carbocycles. The second-order valence-electron chi connectivity index (χ2n) is 6.59. The molecule has 0 N–H and O–H groups in total. The molecule has 0 aliphatic heterocycles. The van der Waals surface area contributed by atoms with Gasteiger partial charge in [-0.2, -0.15) is 0 Å². The SMILES string of the molecule is C.C.CC(C)Cc1cscn1.CC(C)c1cncnc1.CON=CC(C)C. The predicted octanol–water partition coefficient (Wildman–Crippen LogP) is 6.49. The van der Waals surface area contributed by atoms with Gasteiger partial charge in [0, 0.05) is 24.0 Å². The van der Waals surface area contributed by atoms with E-state index in [2.05, 4.69) is 58.0 Å². The van der Waals surface area contributed by atoms with Gasteiger partial charge in [0.2, 0.25) is 0 Å². The second kappa shape index (κ2) is 19.0. The van der Waals surface area contributed by atoms with Crippen LogP contribution in [-0.4, -0.2) is 28.3 Å². The smallest absolute Gasteiger partial charge is 0.115 e. The zero-order valence-corrected chi connectivity index (χ0v) is 17.3. The lowest BCUT2D eigenvalue weighted by atomic mass is 10.1. The van der Waals surface area contributed by atoms with Gasteiger partial charge in [-0.05, 0) is 29.7 Å². The molecule has 0 spiro atoms. The van der Waals surface area contributed by atoms with E-state index in [0.29, 0.717) is 11.8 Å². The second-order valence-corrected chi connectivity index (χ2v) is 7.30. The monoisotopic (exact) mass is 396 g/mol. The Morgan fingerprint density at radius 3 is 1.96 bits per heavy atom. The van der Waals surface area contributed by atoms with Crippen LogP contribution in [0.3, 0.4) is 0 Å². The van der Waals surface area contributed by atoms with Gasteiger partial charge in [0.15, 0.2) is 0 Å². The highest BCUT2D eigenvalue weighted by atomic mass is 32.1. The fraction of sp³-hybridized carbons (Fsp3) is 0.619. The first-order chi connectivity index (χ1) is 11.9. The van der Waals surface area contributed by atoms with Crippen LogP contribution in [0.1, 0.15) is 73.6 Å². The average Bonchev–Trinajstić information content (AvgIpc) is 3.07. The molecule has 27 heavy (non-hydrogen) atoms. The van der Waals surface area contributed by atoms with E-state index in [-0.39, 0.29) is 14.9 Å². The summed E-state index contributed by atoms with van der Waals surface area (Å²) in [5.41, 5.74) is 4.31. The first-order valence-corrected chi connectivity index (χ1v) is 9.49. The average molecular weight is 397 g/mol. The molecular formula is C21H40N4OS. The molecule has 0 atom stereocenters. The Morgan fingerprint density at radius 2 is 1.67 bits per heavy atom. The van der Waals surface area contributed by atoms with Crippen LogP contribution in [0.25, 0.3) is 0 Å². The van der Waals surface area contributed by atoms with Gasteiger partial charge in [0.05, 0.1) is 11.2 Å². The van der Waals surface area contributed by atoms with Crippen LogP contribution in [0.15, 0.2) is 34.8 Å². The molecule has 0 aliphatic rings. The van der Waals surface area contributed by atoms with Gasteiger partial charge in [-0.3, -0.25) is 0 Å². The number of hydrogen-bond acceptors (Lipinski definition) is 6. The minimum atomic E-state index is 0. The fourth-order valence-electron chi connectivity index (χ4n) is 1.55. The van der Waals surface area contributed by atoms with E-state index in [1.165, 1.54) is 11.3 Å². The van der Waals surface area contributed by atoms with E-state index in [4.69, 9.17) is 0 Å². The third kappa shape index (κ3) is 18.8. The lowest BCUT2D eigenvalue weighted by Crippen LogP contribution is -1.92. The molecule has 0 fully saturated rings. The Hall–Kier alpha value is -1.82. The van der Waals surface area contributed by atoms with E-state index in [0.717, 1.165) is 12.3 Å². The van der Waals surface area contributed by atoms with Crippen molar-refractivity contribution in [1.29, 1.82) is 0 Å². The number of oxime groups is 1. The van der Waals surface area contributed by atoms with Crippen molar-refractivity contribution in [2.75, 3.05) is 7.11 Å². The molecule has 6 heteroatoms. The van der Waals surface area contributed by atoms with Crippen LogP contribution in [0.5, 0.6) is 0 Å². The molecule has 2 heterocycles. The molecule has 0 radical (unpaired) electrons. The highest BCUT2D eigenvalue weighted by Gasteiger charge is 1.97. The van der Waals surface area contributed by atoms with Crippen molar-refractivity contribution in [3.05, 3.63) is 40.9 Å². The maximum atomic E-state index is 4.42. The molecule has 156 valence electrons. The van der Waals surface area contributed by atoms with Crippen molar-refractivity contribution < 1.29 is 4.84 Å². The van der Waals surface area contributed by atoms with E-state index >= 15 is 0 Å². The third-order valence-corrected chi connectivity index (χ3v) is 3.45. The number of aromatic nitrogens is 3. The summed E-state index contributed by atoms with van der Waals surface area (Å²) in [5, 5.41) is 5.66. The number of hydrogen-bond donors (Lipinski definition) is 0. The molecule has 5 nitrogen and oxygen atoms in total. The van der Waals surface area contributed by atoms with E-state index < -0.39 is 0 Å². The molecule has 2 aromatic rings. The van der Waals surface area contributed by atoms with Crippen LogP contribution in [-0.2, 0) is 11.3 Å². The maximum absolute atomic E-state index is 4.42. The Labute approximate surface area is 171 Å². The topological polar surface area (TPSA) is 60.3 Å². The number of rotatable bonds is 5. The first-order valence-electron chi connectivity index (χ1n) is 8.55. The summed E-state index contributed by atoms with van der Waals surface area (Å²) < 4.78 is 0. The normalized spacial score (nSPS) is 9.70. The molecule has 2 rings (SSSR count). The highest BCUT2D eigenvalue weighted by molar-refractivity contribution is 7.07. The summed E-state index contributed by atoms with van der Waals surface area (Å²) in [4.78, 5) is 16.4. The van der Waals surface area contributed by atoms with Gasteiger partial charge in [0.25, 0.3) is 0 Å². The Kier molecular flexibility index (Phi) is 21.0. The van der Waals surface area contributed by atoms with Gasteiger partial charge in [0.1, 0.15) is 13.4 Å². The van der Waals surface area contributed by atoms with Crippen molar-refractivity contribution >= 4 is 17.6 Å². The van der Waals surface area contributed by atoms with Crippen LogP contribution in [0, 0.1) is 11.8 Å². The largest absolute Gasteiger partial charge is 0.399 e. The molecule has 0 amide bonds. The molecular weight excluding hydrogens is 356 g/mol. The summed E-state index contributed by atoms with van der Waals surface area (Å²) in [7, 11) is 1.54. The Bertz CT molecular complexity index is 541. The van der Waals surface area contributed by atoms with Crippen molar-refractivity contribution in [1.82, 2.24) is 15.0 Å². The Morgan fingerprint density at radius 1 is 1.07 bits per heavy atom. The van der Waals surface area contributed by atoms with Gasteiger partial charge >= 0.3 is 0 Å². The zero-order chi connectivity index (χ0) is 19.1. The predicted molar refractivity (Wildman–Crippen MR) is 121 cm³/mol. The van der Waals surface area contributed by atoms with E-state index in [1.807, 2.05) is 31.8 Å². The number of thiazole rings is 1. The lowest BCUT2D eigenvalue weighted by Gasteiger charge is -1.99. The fourth-order valence-corrected chi connectivity index (χ4v) is 2.12. The van der Waals surface area contributed by atoms with Gasteiger partial charge in [-0.15, -0.1) is 11.3 Å². The Balaban J connectivity index is -0.000000312.